The van der Waals surface area contributed by atoms with Crippen LogP contribution in [0.15, 0.2) is 29.2 Å². The van der Waals surface area contributed by atoms with Crippen LogP contribution in [0.5, 0.6) is 0 Å². The molecule has 52 valence electrons. The molecule has 2 N–H and O–H groups in total. The number of aliphatic hydroxyl groups is 1. The molecule has 1 aromatic carbocycles. The van der Waals surface area contributed by atoms with Crippen molar-refractivity contribution < 1.29 is 5.11 Å². The van der Waals surface area contributed by atoms with Crippen LogP contribution < -0.4 is 4.72 Å². The molecule has 0 aromatic heterocycles. The first-order valence-electron chi connectivity index (χ1n) is 3.07. The number of hydrogen-bond acceptors (Lipinski definition) is 3. The largest absolute Gasteiger partial charge is 0.373 e. The van der Waals surface area contributed by atoms with E-state index in [9.17, 15) is 5.11 Å². The summed E-state index contributed by atoms with van der Waals surface area (Å²) in [5.74, 6) is 0. The molecular weight excluding hydrogens is 146 g/mol. The first kappa shape index (κ1) is 6.22. The lowest BCUT2D eigenvalue weighted by molar-refractivity contribution is 0.173. The molecule has 0 saturated carbocycles. The van der Waals surface area contributed by atoms with Gasteiger partial charge < -0.3 is 5.11 Å². The summed E-state index contributed by atoms with van der Waals surface area (Å²) >= 11 is 1.48. The van der Waals surface area contributed by atoms with Gasteiger partial charge >= 0.3 is 0 Å². The summed E-state index contributed by atoms with van der Waals surface area (Å²) in [4.78, 5) is 1.12. The average molecular weight is 153 g/mol. The van der Waals surface area contributed by atoms with Crippen LogP contribution in [0.1, 0.15) is 11.8 Å². The van der Waals surface area contributed by atoms with Crippen LogP contribution in [-0.4, -0.2) is 5.11 Å². The fraction of sp³-hybridized carbons (Fsp3) is 0.143. The van der Waals surface area contributed by atoms with Crippen LogP contribution in [0.25, 0.3) is 0 Å². The summed E-state index contributed by atoms with van der Waals surface area (Å²) in [7, 11) is 0. The van der Waals surface area contributed by atoms with Crippen molar-refractivity contribution in [3.05, 3.63) is 29.8 Å². The highest BCUT2D eigenvalue weighted by Gasteiger charge is 2.18. The Hall–Kier alpha value is -0.510. The summed E-state index contributed by atoms with van der Waals surface area (Å²) < 4.78 is 2.86. The second-order valence-corrected chi connectivity index (χ2v) is 3.04. The van der Waals surface area contributed by atoms with E-state index in [-0.39, 0.29) is 0 Å². The van der Waals surface area contributed by atoms with Gasteiger partial charge in [-0.15, -0.1) is 0 Å². The second-order valence-electron chi connectivity index (χ2n) is 2.16. The standard InChI is InChI=1S/C7H7NOS/c9-7-5-3-1-2-4-6(5)10-8-7/h1-4,7-9H. The quantitative estimate of drug-likeness (QED) is 0.551. The molecule has 1 aliphatic heterocycles. The Labute approximate surface area is 63.4 Å². The fourth-order valence-electron chi connectivity index (χ4n) is 0.982. The SMILES string of the molecule is OC1NSc2ccccc21. The van der Waals surface area contributed by atoms with E-state index in [1.807, 2.05) is 24.3 Å². The maximum absolute atomic E-state index is 9.25. The Morgan fingerprint density at radius 3 is 3.00 bits per heavy atom. The molecule has 3 heteroatoms. The topological polar surface area (TPSA) is 32.3 Å². The number of benzene rings is 1. The van der Waals surface area contributed by atoms with Crippen molar-refractivity contribution in [1.29, 1.82) is 0 Å². The molecule has 0 bridgehead atoms. The molecule has 0 amide bonds. The Kier molecular flexibility index (Phi) is 1.41. The normalized spacial score (nSPS) is 22.7. The van der Waals surface area contributed by atoms with Crippen LogP contribution in [0, 0.1) is 0 Å². The van der Waals surface area contributed by atoms with Crippen molar-refractivity contribution in [1.82, 2.24) is 4.72 Å². The van der Waals surface area contributed by atoms with Crippen molar-refractivity contribution >= 4 is 11.9 Å². The van der Waals surface area contributed by atoms with Crippen molar-refractivity contribution in [3.8, 4) is 0 Å². The number of fused-ring (bicyclic) bond motifs is 1. The van der Waals surface area contributed by atoms with Crippen molar-refractivity contribution in [2.45, 2.75) is 11.1 Å². The van der Waals surface area contributed by atoms with E-state index >= 15 is 0 Å². The van der Waals surface area contributed by atoms with E-state index < -0.39 is 6.23 Å². The Bertz CT molecular complexity index is 251. The molecular formula is C7H7NOS. The molecule has 1 aliphatic rings. The van der Waals surface area contributed by atoms with Gasteiger partial charge in [0.2, 0.25) is 0 Å². The van der Waals surface area contributed by atoms with Crippen LogP contribution >= 0.6 is 11.9 Å². The first-order valence-corrected chi connectivity index (χ1v) is 3.89. The molecule has 1 aromatic rings. The minimum absolute atomic E-state index is 0.485. The zero-order chi connectivity index (χ0) is 6.97. The van der Waals surface area contributed by atoms with Crippen LogP contribution in [0.3, 0.4) is 0 Å². The smallest absolute Gasteiger partial charge is 0.141 e. The molecule has 0 fully saturated rings. The number of rotatable bonds is 0. The second kappa shape index (κ2) is 2.27. The van der Waals surface area contributed by atoms with Gasteiger partial charge in [0.1, 0.15) is 6.23 Å². The summed E-state index contributed by atoms with van der Waals surface area (Å²) in [6.07, 6.45) is -0.485. The van der Waals surface area contributed by atoms with Gasteiger partial charge in [-0.3, -0.25) is 0 Å². The average Bonchev–Trinajstić information content (AvgIpc) is 2.34. The predicted octanol–water partition coefficient (Wildman–Crippen LogP) is 1.29. The molecule has 1 heterocycles. The van der Waals surface area contributed by atoms with E-state index in [1.54, 1.807) is 0 Å². The maximum Gasteiger partial charge on any atom is 0.141 e. The molecule has 0 aliphatic carbocycles. The third-order valence-electron chi connectivity index (χ3n) is 1.49. The van der Waals surface area contributed by atoms with Crippen molar-refractivity contribution in [3.63, 3.8) is 0 Å². The van der Waals surface area contributed by atoms with Crippen LogP contribution in [-0.2, 0) is 0 Å². The Morgan fingerprint density at radius 1 is 1.40 bits per heavy atom. The third kappa shape index (κ3) is 0.831. The molecule has 0 saturated heterocycles. The predicted molar refractivity (Wildman–Crippen MR) is 40.4 cm³/mol. The Balaban J connectivity index is 2.51. The van der Waals surface area contributed by atoms with E-state index in [0.29, 0.717) is 0 Å². The van der Waals surface area contributed by atoms with Gasteiger partial charge in [-0.25, -0.2) is 4.72 Å². The molecule has 0 radical (unpaired) electrons. The minimum atomic E-state index is -0.485. The lowest BCUT2D eigenvalue weighted by atomic mass is 10.2. The molecule has 0 spiro atoms. The fourth-order valence-corrected chi connectivity index (χ4v) is 1.79. The van der Waals surface area contributed by atoms with Gasteiger partial charge in [-0.2, -0.15) is 0 Å². The van der Waals surface area contributed by atoms with E-state index in [0.717, 1.165) is 10.5 Å². The lowest BCUT2D eigenvalue weighted by Crippen LogP contribution is -2.04. The minimum Gasteiger partial charge on any atom is -0.373 e. The monoisotopic (exact) mass is 153 g/mol. The lowest BCUT2D eigenvalue weighted by Gasteiger charge is -1.99. The summed E-state index contributed by atoms with van der Waals surface area (Å²) in [5.41, 5.74) is 0.979. The van der Waals surface area contributed by atoms with Gasteiger partial charge in [-0.1, -0.05) is 18.2 Å². The maximum atomic E-state index is 9.25. The van der Waals surface area contributed by atoms with Crippen molar-refractivity contribution in [2.75, 3.05) is 0 Å². The number of aliphatic hydroxyl groups excluding tert-OH is 1. The van der Waals surface area contributed by atoms with E-state index in [4.69, 9.17) is 0 Å². The van der Waals surface area contributed by atoms with Gasteiger partial charge in [0.25, 0.3) is 0 Å². The van der Waals surface area contributed by atoms with Gasteiger partial charge in [0, 0.05) is 10.5 Å². The zero-order valence-corrected chi connectivity index (χ0v) is 6.06. The highest BCUT2D eigenvalue weighted by atomic mass is 32.2. The summed E-state index contributed by atoms with van der Waals surface area (Å²) in [6, 6.07) is 7.80. The molecule has 10 heavy (non-hydrogen) atoms. The van der Waals surface area contributed by atoms with Gasteiger partial charge in [0.15, 0.2) is 0 Å². The molecule has 2 rings (SSSR count). The zero-order valence-electron chi connectivity index (χ0n) is 5.24. The third-order valence-corrected chi connectivity index (χ3v) is 2.43. The van der Waals surface area contributed by atoms with E-state index in [2.05, 4.69) is 4.72 Å². The molecule has 1 atom stereocenters. The van der Waals surface area contributed by atoms with Gasteiger partial charge in [0.05, 0.1) is 0 Å². The number of nitrogens with one attached hydrogen (secondary N) is 1. The first-order chi connectivity index (χ1) is 4.88. The van der Waals surface area contributed by atoms with Crippen molar-refractivity contribution in [2.24, 2.45) is 0 Å². The highest BCUT2D eigenvalue weighted by Crippen LogP contribution is 2.32. The molecule has 1 unspecified atom stereocenters. The molecule has 2 nitrogen and oxygen atoms in total. The Morgan fingerprint density at radius 2 is 2.20 bits per heavy atom. The summed E-state index contributed by atoms with van der Waals surface area (Å²) in [6.45, 7) is 0. The number of hydrogen-bond donors (Lipinski definition) is 2. The summed E-state index contributed by atoms with van der Waals surface area (Å²) in [5, 5.41) is 9.25. The van der Waals surface area contributed by atoms with Crippen LogP contribution in [0.4, 0.5) is 0 Å². The van der Waals surface area contributed by atoms with Gasteiger partial charge in [-0.05, 0) is 18.0 Å². The highest BCUT2D eigenvalue weighted by molar-refractivity contribution is 7.97. The van der Waals surface area contributed by atoms with E-state index in [1.165, 1.54) is 11.9 Å². The van der Waals surface area contributed by atoms with Crippen LogP contribution in [0.2, 0.25) is 0 Å².